The molecule has 0 unspecified atom stereocenters. The van der Waals surface area contributed by atoms with E-state index in [-0.39, 0.29) is 0 Å². The maximum atomic E-state index is 4.80. The molecule has 1 aromatic heterocycles. The maximum absolute atomic E-state index is 4.80. The summed E-state index contributed by atoms with van der Waals surface area (Å²) in [6, 6.07) is 8.73. The number of hydrogen-bond donors (Lipinski definition) is 1. The van der Waals surface area contributed by atoms with Crippen LogP contribution in [0.2, 0.25) is 0 Å². The minimum absolute atomic E-state index is 0.864. The fourth-order valence-electron chi connectivity index (χ4n) is 3.16. The Morgan fingerprint density at radius 3 is 2.86 bits per heavy atom. The molecule has 2 aromatic rings. The summed E-state index contributed by atoms with van der Waals surface area (Å²) in [7, 11) is 0. The Bertz CT molecular complexity index is 686. The molecule has 1 N–H and O–H groups in total. The average Bonchev–Trinajstić information content (AvgIpc) is 3.01. The molecule has 0 aliphatic carbocycles. The van der Waals surface area contributed by atoms with Gasteiger partial charge in [-0.05, 0) is 23.8 Å². The molecule has 4 rings (SSSR count). The highest BCUT2D eigenvalue weighted by atomic mass is 32.2. The third-order valence-electron chi connectivity index (χ3n) is 4.26. The van der Waals surface area contributed by atoms with E-state index in [0.29, 0.717) is 0 Å². The van der Waals surface area contributed by atoms with Crippen molar-refractivity contribution in [2.24, 2.45) is 0 Å². The van der Waals surface area contributed by atoms with Crippen molar-refractivity contribution >= 4 is 17.6 Å². The molecule has 2 aliphatic rings. The van der Waals surface area contributed by atoms with Crippen LogP contribution in [0.4, 0.5) is 5.82 Å². The first-order valence-electron chi connectivity index (χ1n) is 7.31. The molecule has 21 heavy (non-hydrogen) atoms. The summed E-state index contributed by atoms with van der Waals surface area (Å²) in [4.78, 5) is 11.8. The Morgan fingerprint density at radius 2 is 2.00 bits per heavy atom. The predicted octanol–water partition coefficient (Wildman–Crippen LogP) is 2.36. The van der Waals surface area contributed by atoms with Gasteiger partial charge in [-0.3, -0.25) is 0 Å². The Hall–Kier alpha value is -1.59. The Kier molecular flexibility index (Phi) is 3.31. The lowest BCUT2D eigenvalue weighted by molar-refractivity contribution is 0.704. The first kappa shape index (κ1) is 13.1. The molecule has 0 amide bonds. The third-order valence-corrected chi connectivity index (χ3v) is 4.81. The molecule has 108 valence electrons. The molecule has 0 atom stereocenters. The van der Waals surface area contributed by atoms with E-state index in [0.717, 1.165) is 43.6 Å². The standard InChI is InChI=1S/C16H18N4S/c1-21-16-18-14-9-17-8-13(14)15(19-16)20-7-6-11-4-2-3-5-12(11)10-20/h2-5,17H,6-10H2,1H3. The van der Waals surface area contributed by atoms with Crippen LogP contribution in [-0.2, 0) is 26.1 Å². The second-order valence-corrected chi connectivity index (χ2v) is 6.28. The normalized spacial score (nSPS) is 16.7. The second kappa shape index (κ2) is 5.31. The van der Waals surface area contributed by atoms with E-state index in [2.05, 4.69) is 39.5 Å². The van der Waals surface area contributed by atoms with Crippen molar-refractivity contribution in [2.75, 3.05) is 17.7 Å². The van der Waals surface area contributed by atoms with Crippen LogP contribution in [0.1, 0.15) is 22.4 Å². The molecular formula is C16H18N4S. The highest BCUT2D eigenvalue weighted by molar-refractivity contribution is 7.98. The molecule has 0 spiro atoms. The summed E-state index contributed by atoms with van der Waals surface area (Å²) in [6.07, 6.45) is 3.14. The van der Waals surface area contributed by atoms with Gasteiger partial charge in [0.05, 0.1) is 5.69 Å². The van der Waals surface area contributed by atoms with E-state index in [9.17, 15) is 0 Å². The highest BCUT2D eigenvalue weighted by Crippen LogP contribution is 2.30. The number of anilines is 1. The van der Waals surface area contributed by atoms with Crippen LogP contribution in [0.5, 0.6) is 0 Å². The number of fused-ring (bicyclic) bond motifs is 2. The molecule has 0 bridgehead atoms. The number of thioether (sulfide) groups is 1. The molecule has 3 heterocycles. The Balaban J connectivity index is 1.73. The number of rotatable bonds is 2. The zero-order valence-electron chi connectivity index (χ0n) is 12.1. The molecular weight excluding hydrogens is 280 g/mol. The Morgan fingerprint density at radius 1 is 1.14 bits per heavy atom. The topological polar surface area (TPSA) is 41.1 Å². The zero-order valence-corrected chi connectivity index (χ0v) is 12.9. The van der Waals surface area contributed by atoms with Gasteiger partial charge in [-0.2, -0.15) is 0 Å². The lowest BCUT2D eigenvalue weighted by Crippen LogP contribution is -2.32. The summed E-state index contributed by atoms with van der Waals surface area (Å²) in [5.74, 6) is 1.13. The molecule has 0 saturated heterocycles. The quantitative estimate of drug-likeness (QED) is 0.681. The first-order valence-corrected chi connectivity index (χ1v) is 8.54. The van der Waals surface area contributed by atoms with Crippen LogP contribution in [0.25, 0.3) is 0 Å². The van der Waals surface area contributed by atoms with E-state index in [1.165, 1.54) is 22.4 Å². The maximum Gasteiger partial charge on any atom is 0.189 e. The van der Waals surface area contributed by atoms with E-state index >= 15 is 0 Å². The van der Waals surface area contributed by atoms with Crippen molar-refractivity contribution in [3.63, 3.8) is 0 Å². The molecule has 1 aromatic carbocycles. The molecule has 0 fully saturated rings. The zero-order chi connectivity index (χ0) is 14.2. The molecule has 2 aliphatic heterocycles. The van der Waals surface area contributed by atoms with Gasteiger partial charge in [0.2, 0.25) is 0 Å². The number of hydrogen-bond acceptors (Lipinski definition) is 5. The largest absolute Gasteiger partial charge is 0.352 e. The van der Waals surface area contributed by atoms with Crippen molar-refractivity contribution < 1.29 is 0 Å². The number of benzene rings is 1. The van der Waals surface area contributed by atoms with Crippen LogP contribution in [0, 0.1) is 0 Å². The van der Waals surface area contributed by atoms with Crippen LogP contribution in [-0.4, -0.2) is 22.8 Å². The first-order chi connectivity index (χ1) is 10.3. The van der Waals surface area contributed by atoms with Gasteiger partial charge in [-0.1, -0.05) is 36.0 Å². The van der Waals surface area contributed by atoms with Crippen molar-refractivity contribution in [2.45, 2.75) is 31.2 Å². The van der Waals surface area contributed by atoms with Gasteiger partial charge < -0.3 is 10.2 Å². The highest BCUT2D eigenvalue weighted by Gasteiger charge is 2.25. The number of nitrogens with zero attached hydrogens (tertiary/aromatic N) is 3. The smallest absolute Gasteiger partial charge is 0.189 e. The van der Waals surface area contributed by atoms with Gasteiger partial charge in [-0.25, -0.2) is 9.97 Å². The van der Waals surface area contributed by atoms with Gasteiger partial charge >= 0.3 is 0 Å². The molecule has 0 radical (unpaired) electrons. The van der Waals surface area contributed by atoms with Crippen LogP contribution in [0.3, 0.4) is 0 Å². The van der Waals surface area contributed by atoms with Crippen molar-refractivity contribution in [3.05, 3.63) is 46.6 Å². The van der Waals surface area contributed by atoms with Crippen LogP contribution < -0.4 is 10.2 Å². The summed E-state index contributed by atoms with van der Waals surface area (Å²) >= 11 is 1.62. The third kappa shape index (κ3) is 2.30. The number of aromatic nitrogens is 2. The fraction of sp³-hybridized carbons (Fsp3) is 0.375. The summed E-state index contributed by atoms with van der Waals surface area (Å²) in [6.45, 7) is 3.74. The minimum Gasteiger partial charge on any atom is -0.352 e. The summed E-state index contributed by atoms with van der Waals surface area (Å²) < 4.78 is 0. The monoisotopic (exact) mass is 298 g/mol. The van der Waals surface area contributed by atoms with E-state index in [4.69, 9.17) is 4.98 Å². The molecule has 0 saturated carbocycles. The van der Waals surface area contributed by atoms with Gasteiger partial charge in [0.15, 0.2) is 5.16 Å². The van der Waals surface area contributed by atoms with Crippen molar-refractivity contribution in [3.8, 4) is 0 Å². The van der Waals surface area contributed by atoms with Gasteiger partial charge in [-0.15, -0.1) is 0 Å². The Labute approximate surface area is 129 Å². The minimum atomic E-state index is 0.864. The van der Waals surface area contributed by atoms with Gasteiger partial charge in [0.25, 0.3) is 0 Å². The van der Waals surface area contributed by atoms with Crippen LogP contribution in [0.15, 0.2) is 29.4 Å². The van der Waals surface area contributed by atoms with Gasteiger partial charge in [0.1, 0.15) is 5.82 Å². The molecule has 5 heteroatoms. The lowest BCUT2D eigenvalue weighted by atomic mass is 9.99. The predicted molar refractivity (Wildman–Crippen MR) is 85.6 cm³/mol. The van der Waals surface area contributed by atoms with E-state index in [1.807, 2.05) is 6.26 Å². The van der Waals surface area contributed by atoms with E-state index < -0.39 is 0 Å². The van der Waals surface area contributed by atoms with Crippen molar-refractivity contribution in [1.29, 1.82) is 0 Å². The van der Waals surface area contributed by atoms with Gasteiger partial charge in [0, 0.05) is 31.7 Å². The fourth-order valence-corrected chi connectivity index (χ4v) is 3.54. The average molecular weight is 298 g/mol. The van der Waals surface area contributed by atoms with Crippen molar-refractivity contribution in [1.82, 2.24) is 15.3 Å². The SMILES string of the molecule is CSc1nc2c(c(N3CCc4ccccc4C3)n1)CNC2. The number of nitrogens with one attached hydrogen (secondary N) is 1. The van der Waals surface area contributed by atoms with E-state index in [1.54, 1.807) is 11.8 Å². The molecule has 4 nitrogen and oxygen atoms in total. The summed E-state index contributed by atoms with van der Waals surface area (Å²) in [5, 5.41) is 4.28. The summed E-state index contributed by atoms with van der Waals surface area (Å²) in [5.41, 5.74) is 5.35. The lowest BCUT2D eigenvalue weighted by Gasteiger charge is -2.31. The second-order valence-electron chi connectivity index (χ2n) is 5.50. The van der Waals surface area contributed by atoms with Crippen LogP contribution >= 0.6 is 11.8 Å².